The Morgan fingerprint density at radius 2 is 2.14 bits per heavy atom. The molecule has 0 spiro atoms. The summed E-state index contributed by atoms with van der Waals surface area (Å²) in [7, 11) is 0. The fourth-order valence-corrected chi connectivity index (χ4v) is 2.13. The molecule has 0 bridgehead atoms. The molecule has 1 rings (SSSR count). The van der Waals surface area contributed by atoms with Crippen molar-refractivity contribution in [2.24, 2.45) is 5.92 Å². The maximum atomic E-state index is 5.86. The van der Waals surface area contributed by atoms with E-state index in [1.165, 1.54) is 0 Å². The lowest BCUT2D eigenvalue weighted by molar-refractivity contribution is 0.542. The first kappa shape index (κ1) is 11.7. The Bertz CT molecular complexity index is 275. The van der Waals surface area contributed by atoms with Crippen LogP contribution in [0.4, 0.5) is 5.13 Å². The van der Waals surface area contributed by atoms with Crippen LogP contribution in [0.3, 0.4) is 0 Å². The van der Waals surface area contributed by atoms with Gasteiger partial charge >= 0.3 is 0 Å². The van der Waals surface area contributed by atoms with Crippen molar-refractivity contribution in [3.63, 3.8) is 0 Å². The third kappa shape index (κ3) is 3.80. The Morgan fingerprint density at radius 1 is 1.43 bits per heavy atom. The van der Waals surface area contributed by atoms with Crippen LogP contribution in [0.25, 0.3) is 0 Å². The molecule has 0 aliphatic rings. The van der Waals surface area contributed by atoms with Gasteiger partial charge < -0.3 is 5.32 Å². The first-order valence-electron chi connectivity index (χ1n) is 4.74. The fraction of sp³-hybridized carbons (Fsp3) is 0.778. The topological polar surface area (TPSA) is 37.8 Å². The first-order chi connectivity index (χ1) is 6.61. The van der Waals surface area contributed by atoms with Gasteiger partial charge in [-0.15, -0.1) is 21.8 Å². The van der Waals surface area contributed by atoms with Crippen LogP contribution < -0.4 is 5.32 Å². The van der Waals surface area contributed by atoms with Crippen LogP contribution in [0.2, 0.25) is 0 Å². The van der Waals surface area contributed by atoms with Crippen molar-refractivity contribution in [1.29, 1.82) is 0 Å². The van der Waals surface area contributed by atoms with Gasteiger partial charge in [0.15, 0.2) is 0 Å². The van der Waals surface area contributed by atoms with Gasteiger partial charge in [0.05, 0.1) is 0 Å². The zero-order valence-electron chi connectivity index (χ0n) is 8.75. The van der Waals surface area contributed by atoms with Gasteiger partial charge in [0.1, 0.15) is 5.01 Å². The van der Waals surface area contributed by atoms with Crippen LogP contribution in [0, 0.1) is 12.8 Å². The summed E-state index contributed by atoms with van der Waals surface area (Å²) in [5, 5.41) is 13.1. The molecule has 0 saturated carbocycles. The van der Waals surface area contributed by atoms with Gasteiger partial charge in [0, 0.05) is 11.9 Å². The Labute approximate surface area is 93.9 Å². The molecule has 1 aromatic rings. The van der Waals surface area contributed by atoms with E-state index in [2.05, 4.69) is 29.4 Å². The zero-order chi connectivity index (χ0) is 10.6. The van der Waals surface area contributed by atoms with Crippen molar-refractivity contribution in [2.75, 3.05) is 11.2 Å². The molecular weight excluding hydrogens is 218 g/mol. The molecule has 0 fully saturated rings. The molecule has 1 heterocycles. The van der Waals surface area contributed by atoms with Crippen LogP contribution >= 0.6 is 22.9 Å². The van der Waals surface area contributed by atoms with Gasteiger partial charge in [-0.25, -0.2) is 0 Å². The molecule has 0 aliphatic carbocycles. The number of anilines is 1. The smallest absolute Gasteiger partial charge is 0.205 e. The highest BCUT2D eigenvalue weighted by Gasteiger charge is 2.11. The van der Waals surface area contributed by atoms with Gasteiger partial charge in [-0.05, 0) is 19.3 Å². The number of halogens is 1. The van der Waals surface area contributed by atoms with E-state index in [4.69, 9.17) is 11.6 Å². The molecule has 1 atom stereocenters. The van der Waals surface area contributed by atoms with Crippen LogP contribution in [-0.4, -0.2) is 22.1 Å². The van der Waals surface area contributed by atoms with Gasteiger partial charge in [0.2, 0.25) is 5.13 Å². The Balaban J connectivity index is 2.48. The molecule has 1 N–H and O–H groups in total. The molecule has 0 radical (unpaired) electrons. The summed E-state index contributed by atoms with van der Waals surface area (Å²) in [5.41, 5.74) is 0. The quantitative estimate of drug-likeness (QED) is 0.795. The van der Waals surface area contributed by atoms with E-state index in [-0.39, 0.29) is 0 Å². The van der Waals surface area contributed by atoms with Crippen LogP contribution in [0.15, 0.2) is 0 Å². The van der Waals surface area contributed by atoms with Crippen molar-refractivity contribution in [2.45, 2.75) is 33.2 Å². The molecule has 0 aromatic carbocycles. The lowest BCUT2D eigenvalue weighted by Crippen LogP contribution is -2.23. The summed E-state index contributed by atoms with van der Waals surface area (Å²) >= 11 is 7.43. The average Bonchev–Trinajstić information content (AvgIpc) is 2.49. The van der Waals surface area contributed by atoms with Crippen LogP contribution in [0.5, 0.6) is 0 Å². The SMILES string of the molecule is Cc1nnc(NC(CCl)CC(C)C)s1. The summed E-state index contributed by atoms with van der Waals surface area (Å²) < 4.78 is 0. The molecule has 14 heavy (non-hydrogen) atoms. The first-order valence-corrected chi connectivity index (χ1v) is 6.09. The third-order valence-corrected chi connectivity index (χ3v) is 2.94. The van der Waals surface area contributed by atoms with Gasteiger partial charge in [-0.1, -0.05) is 25.2 Å². The number of rotatable bonds is 5. The number of nitrogens with one attached hydrogen (secondary N) is 1. The number of hydrogen-bond donors (Lipinski definition) is 1. The predicted octanol–water partition coefficient (Wildman–Crippen LogP) is 2.91. The molecule has 5 heteroatoms. The average molecular weight is 234 g/mol. The normalized spacial score (nSPS) is 13.2. The van der Waals surface area contributed by atoms with Crippen LogP contribution in [-0.2, 0) is 0 Å². The van der Waals surface area contributed by atoms with E-state index in [1.54, 1.807) is 11.3 Å². The summed E-state index contributed by atoms with van der Waals surface area (Å²) in [6.45, 7) is 6.32. The third-order valence-electron chi connectivity index (χ3n) is 1.80. The highest BCUT2D eigenvalue weighted by Crippen LogP contribution is 2.17. The summed E-state index contributed by atoms with van der Waals surface area (Å²) in [5.74, 6) is 1.25. The van der Waals surface area contributed by atoms with Crippen molar-refractivity contribution in [1.82, 2.24) is 10.2 Å². The number of nitrogens with zero attached hydrogens (tertiary/aromatic N) is 2. The van der Waals surface area contributed by atoms with Crippen molar-refractivity contribution < 1.29 is 0 Å². The summed E-state index contributed by atoms with van der Waals surface area (Å²) in [4.78, 5) is 0. The second-order valence-electron chi connectivity index (χ2n) is 3.75. The monoisotopic (exact) mass is 233 g/mol. The predicted molar refractivity (Wildman–Crippen MR) is 62.2 cm³/mol. The Kier molecular flexibility index (Phi) is 4.62. The number of alkyl halides is 1. The van der Waals surface area contributed by atoms with Crippen LogP contribution in [0.1, 0.15) is 25.3 Å². The van der Waals surface area contributed by atoms with Gasteiger partial charge in [-0.3, -0.25) is 0 Å². The molecule has 3 nitrogen and oxygen atoms in total. The molecule has 0 amide bonds. The van der Waals surface area contributed by atoms with Crippen molar-refractivity contribution in [3.05, 3.63) is 5.01 Å². The molecule has 0 saturated heterocycles. The van der Waals surface area contributed by atoms with E-state index < -0.39 is 0 Å². The Morgan fingerprint density at radius 3 is 2.57 bits per heavy atom. The van der Waals surface area contributed by atoms with Gasteiger partial charge in [0.25, 0.3) is 0 Å². The standard InChI is InChI=1S/C9H16ClN3S/c1-6(2)4-8(5-10)11-9-13-12-7(3)14-9/h6,8H,4-5H2,1-3H3,(H,11,13). The molecule has 0 aliphatic heterocycles. The number of aryl methyl sites for hydroxylation is 1. The maximum absolute atomic E-state index is 5.86. The minimum atomic E-state index is 0.295. The van der Waals surface area contributed by atoms with E-state index in [0.717, 1.165) is 16.6 Å². The minimum Gasteiger partial charge on any atom is -0.356 e. The van der Waals surface area contributed by atoms with E-state index in [1.807, 2.05) is 6.92 Å². The second kappa shape index (κ2) is 5.51. The highest BCUT2D eigenvalue weighted by atomic mass is 35.5. The molecule has 1 unspecified atom stereocenters. The Hall–Kier alpha value is -0.350. The maximum Gasteiger partial charge on any atom is 0.205 e. The van der Waals surface area contributed by atoms with Gasteiger partial charge in [-0.2, -0.15) is 0 Å². The molecular formula is C9H16ClN3S. The number of hydrogen-bond acceptors (Lipinski definition) is 4. The molecule has 80 valence electrons. The van der Waals surface area contributed by atoms with E-state index >= 15 is 0 Å². The van der Waals surface area contributed by atoms with Crippen molar-refractivity contribution >= 4 is 28.1 Å². The lowest BCUT2D eigenvalue weighted by atomic mass is 10.1. The zero-order valence-corrected chi connectivity index (χ0v) is 10.3. The minimum absolute atomic E-state index is 0.295. The van der Waals surface area contributed by atoms with E-state index in [0.29, 0.717) is 17.8 Å². The summed E-state index contributed by atoms with van der Waals surface area (Å²) in [6, 6.07) is 0.295. The second-order valence-corrected chi connectivity index (χ2v) is 5.24. The summed E-state index contributed by atoms with van der Waals surface area (Å²) in [6.07, 6.45) is 1.06. The fourth-order valence-electron chi connectivity index (χ4n) is 1.26. The highest BCUT2D eigenvalue weighted by molar-refractivity contribution is 7.15. The lowest BCUT2D eigenvalue weighted by Gasteiger charge is -2.16. The molecule has 1 aromatic heterocycles. The van der Waals surface area contributed by atoms with Crippen molar-refractivity contribution in [3.8, 4) is 0 Å². The van der Waals surface area contributed by atoms with E-state index in [9.17, 15) is 0 Å². The largest absolute Gasteiger partial charge is 0.356 e. The number of aromatic nitrogens is 2.